The summed E-state index contributed by atoms with van der Waals surface area (Å²) >= 11 is 17.6. The van der Waals surface area contributed by atoms with Crippen LogP contribution in [0.1, 0.15) is 23.0 Å². The number of H-pyrrole nitrogens is 1. The Balaban J connectivity index is 2.31. The van der Waals surface area contributed by atoms with Crippen LogP contribution in [0.25, 0.3) is 0 Å². The second-order valence-electron chi connectivity index (χ2n) is 4.77. The Labute approximate surface area is 156 Å². The summed E-state index contributed by atoms with van der Waals surface area (Å²) in [6.45, 7) is 1.51. The van der Waals surface area contributed by atoms with Crippen LogP contribution < -0.4 is 16.1 Å². The molecule has 0 saturated heterocycles. The van der Waals surface area contributed by atoms with E-state index in [-0.39, 0.29) is 43.5 Å². The lowest BCUT2D eigenvalue weighted by molar-refractivity contribution is -0.385. The van der Waals surface area contributed by atoms with Crippen molar-refractivity contribution >= 4 is 57.8 Å². The molecule has 2 aromatic rings. The number of halogens is 3. The van der Waals surface area contributed by atoms with Gasteiger partial charge in [0.2, 0.25) is 0 Å². The molecule has 2 rings (SSSR count). The maximum Gasteiger partial charge on any atom is 0.337 e. The molecule has 8 nitrogen and oxygen atoms in total. The first-order valence-corrected chi connectivity index (χ1v) is 7.81. The van der Waals surface area contributed by atoms with Gasteiger partial charge in [-0.15, -0.1) is 0 Å². The van der Waals surface area contributed by atoms with E-state index in [1.807, 2.05) is 0 Å². The number of nitrogens with zero attached hydrogens (tertiary/aromatic N) is 2. The van der Waals surface area contributed by atoms with Gasteiger partial charge in [-0.3, -0.25) is 14.9 Å². The standard InChI is InChI=1S/C14H10Cl3N5O3/c1-6(7-4-2-3-5-8(7)22(24)25)20-21-14(23)12-9(15)11(18)10(16)13(17)19-12/h2-5H,1H3,(H2,18,19)(H,21,23)/p+1/b20-6+. The fourth-order valence-corrected chi connectivity index (χ4v) is 2.53. The molecule has 1 amide bonds. The molecule has 11 heteroatoms. The maximum absolute atomic E-state index is 12.2. The number of carbonyl (C=O) groups excluding carboxylic acids is 1. The fraction of sp³-hybridized carbons (Fsp3) is 0.0714. The molecule has 1 aromatic heterocycles. The second-order valence-corrected chi connectivity index (χ2v) is 5.90. The SMILES string of the molecule is C/C(=N\NC(=O)c1[nH+]c(Cl)c(Cl)c(N)c1Cl)c1ccccc1[N+](=O)[O-]. The van der Waals surface area contributed by atoms with Gasteiger partial charge in [0, 0.05) is 6.07 Å². The minimum atomic E-state index is -0.742. The lowest BCUT2D eigenvalue weighted by atomic mass is 10.1. The van der Waals surface area contributed by atoms with Gasteiger partial charge in [-0.2, -0.15) is 10.1 Å². The number of nitrogen functional groups attached to an aromatic ring is 1. The van der Waals surface area contributed by atoms with Crippen molar-refractivity contribution in [2.45, 2.75) is 6.92 Å². The fourth-order valence-electron chi connectivity index (χ4n) is 1.91. The molecule has 1 aromatic carbocycles. The number of amides is 1. The average Bonchev–Trinajstić information content (AvgIpc) is 2.60. The molecular formula is C14H11Cl3N5O3+. The Morgan fingerprint density at radius 3 is 2.56 bits per heavy atom. The summed E-state index contributed by atoms with van der Waals surface area (Å²) < 4.78 is 0. The minimum Gasteiger partial charge on any atom is -0.396 e. The van der Waals surface area contributed by atoms with E-state index in [1.165, 1.54) is 25.1 Å². The number of nitro benzene ring substituents is 1. The van der Waals surface area contributed by atoms with Crippen LogP contribution >= 0.6 is 34.8 Å². The number of aromatic nitrogens is 1. The Morgan fingerprint density at radius 2 is 1.92 bits per heavy atom. The van der Waals surface area contributed by atoms with Gasteiger partial charge in [-0.25, -0.2) is 5.43 Å². The van der Waals surface area contributed by atoms with Crippen molar-refractivity contribution in [1.82, 2.24) is 5.43 Å². The summed E-state index contributed by atoms with van der Waals surface area (Å²) in [6, 6.07) is 5.99. The number of nitrogens with two attached hydrogens (primary N) is 1. The molecule has 4 N–H and O–H groups in total. The molecule has 0 atom stereocenters. The quantitative estimate of drug-likeness (QED) is 0.352. The molecular weight excluding hydrogens is 393 g/mol. The zero-order valence-corrected chi connectivity index (χ0v) is 14.9. The highest BCUT2D eigenvalue weighted by Crippen LogP contribution is 2.31. The first-order chi connectivity index (χ1) is 11.7. The number of rotatable bonds is 4. The van der Waals surface area contributed by atoms with Gasteiger partial charge in [-0.05, 0) is 24.6 Å². The Bertz CT molecular complexity index is 902. The van der Waals surface area contributed by atoms with E-state index in [2.05, 4.69) is 15.5 Å². The molecule has 130 valence electrons. The van der Waals surface area contributed by atoms with Gasteiger partial charge in [-0.1, -0.05) is 35.3 Å². The summed E-state index contributed by atoms with van der Waals surface area (Å²) in [6.07, 6.45) is 0. The number of pyridine rings is 1. The van der Waals surface area contributed by atoms with Gasteiger partial charge in [0.1, 0.15) is 10.0 Å². The largest absolute Gasteiger partial charge is 0.396 e. The number of benzene rings is 1. The Hall–Kier alpha value is -2.42. The van der Waals surface area contributed by atoms with Crippen LogP contribution in [-0.4, -0.2) is 16.5 Å². The Morgan fingerprint density at radius 1 is 1.28 bits per heavy atom. The monoisotopic (exact) mass is 402 g/mol. The number of nitro groups is 1. The first-order valence-electron chi connectivity index (χ1n) is 6.67. The molecule has 1 heterocycles. The lowest BCUT2D eigenvalue weighted by Crippen LogP contribution is -2.29. The third kappa shape index (κ3) is 3.98. The molecule has 0 bridgehead atoms. The van der Waals surface area contributed by atoms with Gasteiger partial charge in [0.05, 0.1) is 21.9 Å². The molecule has 0 unspecified atom stereocenters. The van der Waals surface area contributed by atoms with Crippen LogP contribution in [0, 0.1) is 10.1 Å². The predicted octanol–water partition coefficient (Wildman–Crippen LogP) is 3.11. The average molecular weight is 404 g/mol. The highest BCUT2D eigenvalue weighted by molar-refractivity contribution is 6.45. The second kappa shape index (κ2) is 7.64. The molecule has 0 aliphatic carbocycles. The van der Waals surface area contributed by atoms with Crippen LogP contribution in [0.15, 0.2) is 29.4 Å². The van der Waals surface area contributed by atoms with E-state index in [9.17, 15) is 14.9 Å². The van der Waals surface area contributed by atoms with Crippen molar-refractivity contribution in [2.75, 3.05) is 5.73 Å². The molecule has 25 heavy (non-hydrogen) atoms. The zero-order valence-electron chi connectivity index (χ0n) is 12.6. The summed E-state index contributed by atoms with van der Waals surface area (Å²) in [4.78, 5) is 25.2. The number of hydrogen-bond acceptors (Lipinski definition) is 5. The van der Waals surface area contributed by atoms with Crippen LogP contribution in [0.5, 0.6) is 0 Å². The minimum absolute atomic E-state index is 0.0113. The zero-order chi connectivity index (χ0) is 18.7. The molecule has 0 radical (unpaired) electrons. The van der Waals surface area contributed by atoms with Gasteiger partial charge in [0.25, 0.3) is 16.5 Å². The normalized spacial score (nSPS) is 11.3. The van der Waals surface area contributed by atoms with E-state index < -0.39 is 10.8 Å². The van der Waals surface area contributed by atoms with Crippen molar-refractivity contribution in [2.24, 2.45) is 5.10 Å². The first kappa shape index (κ1) is 18.9. The topological polar surface area (TPSA) is 125 Å². The van der Waals surface area contributed by atoms with Gasteiger partial charge in [0.15, 0.2) is 0 Å². The van der Waals surface area contributed by atoms with Gasteiger partial charge >= 0.3 is 5.91 Å². The molecule has 0 fully saturated rings. The molecule has 0 spiro atoms. The van der Waals surface area contributed by atoms with E-state index >= 15 is 0 Å². The number of carbonyl (C=O) groups is 1. The molecule has 0 aliphatic rings. The van der Waals surface area contributed by atoms with Crippen molar-refractivity contribution in [3.63, 3.8) is 0 Å². The van der Waals surface area contributed by atoms with Crippen LogP contribution in [0.2, 0.25) is 15.2 Å². The smallest absolute Gasteiger partial charge is 0.337 e. The summed E-state index contributed by atoms with van der Waals surface area (Å²) in [5, 5.41) is 14.7. The van der Waals surface area contributed by atoms with Crippen LogP contribution in [0.4, 0.5) is 11.4 Å². The maximum atomic E-state index is 12.2. The summed E-state index contributed by atoms with van der Waals surface area (Å²) in [7, 11) is 0. The predicted molar refractivity (Wildman–Crippen MR) is 95.2 cm³/mol. The number of aromatic amines is 1. The lowest BCUT2D eigenvalue weighted by Gasteiger charge is -2.04. The van der Waals surface area contributed by atoms with Crippen LogP contribution in [0.3, 0.4) is 0 Å². The highest BCUT2D eigenvalue weighted by Gasteiger charge is 2.26. The summed E-state index contributed by atoms with van der Waals surface area (Å²) in [5.74, 6) is -0.742. The Kier molecular flexibility index (Phi) is 5.78. The third-order valence-electron chi connectivity index (χ3n) is 3.16. The van der Waals surface area contributed by atoms with Crippen molar-refractivity contribution < 1.29 is 14.7 Å². The summed E-state index contributed by atoms with van der Waals surface area (Å²) in [5.41, 5.74) is 8.04. The number of anilines is 1. The molecule has 0 saturated carbocycles. The van der Waals surface area contributed by atoms with Crippen molar-refractivity contribution in [1.29, 1.82) is 0 Å². The van der Waals surface area contributed by atoms with E-state index in [0.29, 0.717) is 0 Å². The van der Waals surface area contributed by atoms with Crippen molar-refractivity contribution in [3.8, 4) is 0 Å². The number of para-hydroxylation sites is 1. The number of hydrogen-bond donors (Lipinski definition) is 2. The van der Waals surface area contributed by atoms with E-state index in [1.54, 1.807) is 6.07 Å². The van der Waals surface area contributed by atoms with Gasteiger partial charge < -0.3 is 5.73 Å². The van der Waals surface area contributed by atoms with E-state index in [0.717, 1.165) is 0 Å². The number of nitrogens with one attached hydrogen (secondary N) is 2. The third-order valence-corrected chi connectivity index (χ3v) is 4.33. The highest BCUT2D eigenvalue weighted by atomic mass is 35.5. The number of hydrazone groups is 1. The molecule has 0 aliphatic heterocycles. The van der Waals surface area contributed by atoms with Crippen LogP contribution in [-0.2, 0) is 0 Å². The van der Waals surface area contributed by atoms with Crippen molar-refractivity contribution in [3.05, 3.63) is 60.8 Å². The van der Waals surface area contributed by atoms with E-state index in [4.69, 9.17) is 40.5 Å².